The molecule has 0 atom stereocenters. The summed E-state index contributed by atoms with van der Waals surface area (Å²) in [6.07, 6.45) is 0.994. The molecule has 44 valence electrons. The fourth-order valence-electron chi connectivity index (χ4n) is 0.675. The average molecular weight is 110 g/mol. The van der Waals surface area contributed by atoms with Gasteiger partial charge in [0, 0.05) is 6.42 Å². The fraction of sp³-hybridized carbons (Fsp3) is 0.429. The summed E-state index contributed by atoms with van der Waals surface area (Å²) in [5, 5.41) is 0. The van der Waals surface area contributed by atoms with Crippen molar-refractivity contribution in [3.8, 4) is 0 Å². The minimum absolute atomic E-state index is 0.994. The summed E-state index contributed by atoms with van der Waals surface area (Å²) in [6, 6.07) is 3.99. The largest absolute Gasteiger partial charge is 0.466 e. The van der Waals surface area contributed by atoms with E-state index >= 15 is 0 Å². The Hall–Kier alpha value is -0.720. The summed E-state index contributed by atoms with van der Waals surface area (Å²) in [5.74, 6) is 2.07. The minimum atomic E-state index is 0.994. The second kappa shape index (κ2) is 2.03. The summed E-state index contributed by atoms with van der Waals surface area (Å²) in [6.45, 7) is 4.04. The van der Waals surface area contributed by atoms with E-state index in [1.54, 1.807) is 0 Å². The molecule has 1 aromatic rings. The van der Waals surface area contributed by atoms with Crippen molar-refractivity contribution >= 4 is 0 Å². The van der Waals surface area contributed by atoms with Crippen LogP contribution in [-0.4, -0.2) is 0 Å². The molecular weight excluding hydrogens is 100 g/mol. The molecule has 0 saturated heterocycles. The first-order valence-electron chi connectivity index (χ1n) is 2.88. The van der Waals surface area contributed by atoms with Crippen molar-refractivity contribution in [3.63, 3.8) is 0 Å². The Morgan fingerprint density at radius 1 is 1.50 bits per heavy atom. The van der Waals surface area contributed by atoms with Crippen LogP contribution < -0.4 is 0 Å². The van der Waals surface area contributed by atoms with Crippen LogP contribution in [0.4, 0.5) is 0 Å². The van der Waals surface area contributed by atoms with Gasteiger partial charge in [-0.3, -0.25) is 0 Å². The van der Waals surface area contributed by atoms with Gasteiger partial charge in [-0.15, -0.1) is 0 Å². The molecule has 0 radical (unpaired) electrons. The average Bonchev–Trinajstić information content (AvgIpc) is 2.14. The molecule has 0 bridgehead atoms. The summed E-state index contributed by atoms with van der Waals surface area (Å²) >= 11 is 0. The van der Waals surface area contributed by atoms with Crippen LogP contribution in [0, 0.1) is 6.92 Å². The Kier molecular flexibility index (Phi) is 1.38. The second-order valence-electron chi connectivity index (χ2n) is 1.87. The predicted octanol–water partition coefficient (Wildman–Crippen LogP) is 2.15. The summed E-state index contributed by atoms with van der Waals surface area (Å²) < 4.78 is 5.23. The maximum absolute atomic E-state index is 5.23. The standard InChI is InChI=1S/C7H10O/c1-3-7-5-4-6(2)8-7/h4-5H,3H2,1-2H3. The SMILES string of the molecule is CCc1ccc(C)o1. The van der Waals surface area contributed by atoms with Crippen molar-refractivity contribution in [1.82, 2.24) is 0 Å². The van der Waals surface area contributed by atoms with Gasteiger partial charge in [0.1, 0.15) is 11.5 Å². The summed E-state index contributed by atoms with van der Waals surface area (Å²) in [7, 11) is 0. The highest BCUT2D eigenvalue weighted by Gasteiger charge is 1.91. The van der Waals surface area contributed by atoms with E-state index in [1.165, 1.54) is 0 Å². The lowest BCUT2D eigenvalue weighted by Gasteiger charge is -1.83. The van der Waals surface area contributed by atoms with Gasteiger partial charge in [0.25, 0.3) is 0 Å². The molecule has 1 nitrogen and oxygen atoms in total. The van der Waals surface area contributed by atoms with E-state index in [9.17, 15) is 0 Å². The maximum atomic E-state index is 5.23. The number of hydrogen-bond acceptors (Lipinski definition) is 1. The van der Waals surface area contributed by atoms with Gasteiger partial charge >= 0.3 is 0 Å². The third-order valence-electron chi connectivity index (χ3n) is 1.14. The zero-order valence-corrected chi connectivity index (χ0v) is 5.27. The van der Waals surface area contributed by atoms with E-state index in [2.05, 4.69) is 6.92 Å². The molecule has 0 spiro atoms. The van der Waals surface area contributed by atoms with E-state index in [0.717, 1.165) is 17.9 Å². The van der Waals surface area contributed by atoms with Crippen molar-refractivity contribution in [2.45, 2.75) is 20.3 Å². The third kappa shape index (κ3) is 0.915. The first kappa shape index (κ1) is 5.42. The summed E-state index contributed by atoms with van der Waals surface area (Å²) in [4.78, 5) is 0. The molecule has 0 aromatic carbocycles. The lowest BCUT2D eigenvalue weighted by atomic mass is 10.4. The van der Waals surface area contributed by atoms with Crippen LogP contribution in [0.25, 0.3) is 0 Å². The van der Waals surface area contributed by atoms with Crippen molar-refractivity contribution in [2.75, 3.05) is 0 Å². The monoisotopic (exact) mass is 110 g/mol. The van der Waals surface area contributed by atoms with Gasteiger partial charge in [-0.1, -0.05) is 6.92 Å². The first-order valence-corrected chi connectivity index (χ1v) is 2.88. The molecule has 0 unspecified atom stereocenters. The van der Waals surface area contributed by atoms with Gasteiger partial charge < -0.3 is 4.42 Å². The van der Waals surface area contributed by atoms with Crippen LogP contribution in [0.1, 0.15) is 18.4 Å². The van der Waals surface area contributed by atoms with Crippen molar-refractivity contribution in [2.24, 2.45) is 0 Å². The quantitative estimate of drug-likeness (QED) is 0.540. The molecule has 1 rings (SSSR count). The molecular formula is C7H10O. The molecule has 0 fully saturated rings. The van der Waals surface area contributed by atoms with E-state index in [1.807, 2.05) is 19.1 Å². The molecule has 0 amide bonds. The lowest BCUT2D eigenvalue weighted by Crippen LogP contribution is -1.67. The van der Waals surface area contributed by atoms with Crippen LogP contribution >= 0.6 is 0 Å². The highest BCUT2D eigenvalue weighted by molar-refractivity contribution is 5.04. The Labute approximate surface area is 49.3 Å². The van der Waals surface area contributed by atoms with Crippen molar-refractivity contribution in [3.05, 3.63) is 23.7 Å². The molecule has 1 heteroatoms. The molecule has 0 aliphatic heterocycles. The van der Waals surface area contributed by atoms with Gasteiger partial charge in [0.2, 0.25) is 0 Å². The number of aryl methyl sites for hydroxylation is 2. The van der Waals surface area contributed by atoms with Crippen LogP contribution in [0.3, 0.4) is 0 Å². The van der Waals surface area contributed by atoms with E-state index in [0.29, 0.717) is 0 Å². The topological polar surface area (TPSA) is 13.1 Å². The van der Waals surface area contributed by atoms with Crippen LogP contribution in [-0.2, 0) is 6.42 Å². The highest BCUT2D eigenvalue weighted by Crippen LogP contribution is 2.05. The molecule has 1 heterocycles. The number of rotatable bonds is 1. The zero-order valence-electron chi connectivity index (χ0n) is 5.27. The molecule has 0 aliphatic rings. The Morgan fingerprint density at radius 3 is 2.50 bits per heavy atom. The normalized spacial score (nSPS) is 9.75. The predicted molar refractivity (Wildman–Crippen MR) is 32.8 cm³/mol. The molecule has 8 heavy (non-hydrogen) atoms. The minimum Gasteiger partial charge on any atom is -0.466 e. The van der Waals surface area contributed by atoms with E-state index in [4.69, 9.17) is 4.42 Å². The van der Waals surface area contributed by atoms with Crippen LogP contribution in [0.15, 0.2) is 16.5 Å². The number of hydrogen-bond donors (Lipinski definition) is 0. The summed E-state index contributed by atoms with van der Waals surface area (Å²) in [5.41, 5.74) is 0. The van der Waals surface area contributed by atoms with Gasteiger partial charge in [-0.05, 0) is 19.1 Å². The zero-order chi connectivity index (χ0) is 5.98. The Bertz CT molecular complexity index is 165. The van der Waals surface area contributed by atoms with Gasteiger partial charge in [0.15, 0.2) is 0 Å². The maximum Gasteiger partial charge on any atom is 0.103 e. The lowest BCUT2D eigenvalue weighted by molar-refractivity contribution is 0.489. The van der Waals surface area contributed by atoms with E-state index in [-0.39, 0.29) is 0 Å². The van der Waals surface area contributed by atoms with Gasteiger partial charge in [-0.25, -0.2) is 0 Å². The Balaban J connectivity index is 2.84. The first-order chi connectivity index (χ1) is 3.83. The van der Waals surface area contributed by atoms with Crippen LogP contribution in [0.5, 0.6) is 0 Å². The molecule has 0 N–H and O–H groups in total. The van der Waals surface area contributed by atoms with Gasteiger partial charge in [-0.2, -0.15) is 0 Å². The molecule has 0 aliphatic carbocycles. The third-order valence-corrected chi connectivity index (χ3v) is 1.14. The van der Waals surface area contributed by atoms with E-state index < -0.39 is 0 Å². The van der Waals surface area contributed by atoms with Crippen LogP contribution in [0.2, 0.25) is 0 Å². The highest BCUT2D eigenvalue weighted by atomic mass is 16.3. The second-order valence-corrected chi connectivity index (χ2v) is 1.87. The number of furan rings is 1. The molecule has 1 aromatic heterocycles. The smallest absolute Gasteiger partial charge is 0.103 e. The van der Waals surface area contributed by atoms with Crippen molar-refractivity contribution < 1.29 is 4.42 Å². The fourth-order valence-corrected chi connectivity index (χ4v) is 0.675. The van der Waals surface area contributed by atoms with Gasteiger partial charge in [0.05, 0.1) is 0 Å². The molecule has 0 saturated carbocycles. The Morgan fingerprint density at radius 2 is 2.25 bits per heavy atom. The van der Waals surface area contributed by atoms with Crippen molar-refractivity contribution in [1.29, 1.82) is 0 Å².